The molecular weight excluding hydrogens is 385 g/mol. The smallest absolute Gasteiger partial charge is 0.410 e. The first kappa shape index (κ1) is 20.1. The van der Waals surface area contributed by atoms with Gasteiger partial charge in [0.25, 0.3) is 0 Å². The number of carbonyl (C=O) groups is 1. The van der Waals surface area contributed by atoms with E-state index in [-0.39, 0.29) is 18.0 Å². The largest absolute Gasteiger partial charge is 0.449 e. The number of H-pyrrole nitrogens is 1. The predicted octanol–water partition coefficient (Wildman–Crippen LogP) is 4.21. The van der Waals surface area contributed by atoms with Crippen LogP contribution in [0, 0.1) is 5.82 Å². The SMILES string of the molecule is CCCCOC(=O)N1CCN(c2ncnc3[nH]c(-c4ccc(F)cc4)cc23)C[C@H]1C. The molecule has 0 bridgehead atoms. The van der Waals surface area contributed by atoms with Gasteiger partial charge < -0.3 is 19.5 Å². The summed E-state index contributed by atoms with van der Waals surface area (Å²) in [6.07, 6.45) is 3.17. The number of ether oxygens (including phenoxy) is 1. The van der Waals surface area contributed by atoms with Crippen LogP contribution in [-0.2, 0) is 4.74 Å². The van der Waals surface area contributed by atoms with E-state index in [1.54, 1.807) is 23.4 Å². The second-order valence-electron chi connectivity index (χ2n) is 7.61. The van der Waals surface area contributed by atoms with Crippen molar-refractivity contribution in [2.45, 2.75) is 32.7 Å². The zero-order valence-electron chi connectivity index (χ0n) is 17.3. The zero-order chi connectivity index (χ0) is 21.1. The molecule has 0 aliphatic carbocycles. The highest BCUT2D eigenvalue weighted by Gasteiger charge is 2.30. The number of aromatic amines is 1. The Morgan fingerprint density at radius 2 is 2.07 bits per heavy atom. The standard InChI is InChI=1S/C22H26FN5O2/c1-3-4-11-30-22(29)28-10-9-27(13-15(28)2)21-18-12-19(26-20(18)24-14-25-21)16-5-7-17(23)8-6-16/h5-8,12,14-15H,3-4,9-11,13H2,1-2H3,(H,24,25,26)/t15-/m1/s1. The van der Waals surface area contributed by atoms with Crippen molar-refractivity contribution in [3.63, 3.8) is 0 Å². The Bertz CT molecular complexity index is 1020. The van der Waals surface area contributed by atoms with Gasteiger partial charge in [0.15, 0.2) is 0 Å². The molecule has 0 saturated carbocycles. The summed E-state index contributed by atoms with van der Waals surface area (Å²) in [5.41, 5.74) is 2.47. The lowest BCUT2D eigenvalue weighted by Crippen LogP contribution is -2.54. The summed E-state index contributed by atoms with van der Waals surface area (Å²) >= 11 is 0. The molecule has 7 nitrogen and oxygen atoms in total. The maximum absolute atomic E-state index is 13.2. The lowest BCUT2D eigenvalue weighted by molar-refractivity contribution is 0.0839. The predicted molar refractivity (Wildman–Crippen MR) is 114 cm³/mol. The van der Waals surface area contributed by atoms with Crippen LogP contribution in [0.25, 0.3) is 22.3 Å². The number of rotatable bonds is 5. The van der Waals surface area contributed by atoms with Gasteiger partial charge >= 0.3 is 6.09 Å². The van der Waals surface area contributed by atoms with Gasteiger partial charge in [-0.15, -0.1) is 0 Å². The number of piperazine rings is 1. The third-order valence-electron chi connectivity index (χ3n) is 5.44. The van der Waals surface area contributed by atoms with Gasteiger partial charge in [-0.3, -0.25) is 0 Å². The highest BCUT2D eigenvalue weighted by molar-refractivity contribution is 5.92. The van der Waals surface area contributed by atoms with E-state index in [0.717, 1.165) is 41.0 Å². The van der Waals surface area contributed by atoms with Gasteiger partial charge in [0.2, 0.25) is 0 Å². The van der Waals surface area contributed by atoms with E-state index in [4.69, 9.17) is 4.74 Å². The quantitative estimate of drug-likeness (QED) is 0.637. The number of unbranched alkanes of at least 4 members (excludes halogenated alkanes) is 1. The Labute approximate surface area is 174 Å². The van der Waals surface area contributed by atoms with E-state index in [1.807, 2.05) is 13.0 Å². The van der Waals surface area contributed by atoms with Crippen molar-refractivity contribution in [2.24, 2.45) is 0 Å². The first-order chi connectivity index (χ1) is 14.6. The van der Waals surface area contributed by atoms with Crippen LogP contribution in [0.15, 0.2) is 36.7 Å². The van der Waals surface area contributed by atoms with E-state index < -0.39 is 0 Å². The fourth-order valence-electron chi connectivity index (χ4n) is 3.77. The summed E-state index contributed by atoms with van der Waals surface area (Å²) in [4.78, 5) is 28.5. The molecular formula is C22H26FN5O2. The van der Waals surface area contributed by atoms with E-state index in [0.29, 0.717) is 26.2 Å². The molecule has 1 atom stereocenters. The Balaban J connectivity index is 1.52. The average molecular weight is 411 g/mol. The van der Waals surface area contributed by atoms with Gasteiger partial charge in [-0.2, -0.15) is 0 Å². The fraction of sp³-hybridized carbons (Fsp3) is 0.409. The summed E-state index contributed by atoms with van der Waals surface area (Å²) in [6.45, 7) is 6.45. The molecule has 4 rings (SSSR count). The van der Waals surface area contributed by atoms with Crippen molar-refractivity contribution >= 4 is 22.9 Å². The molecule has 2 aromatic heterocycles. The van der Waals surface area contributed by atoms with Crippen molar-refractivity contribution in [2.75, 3.05) is 31.1 Å². The van der Waals surface area contributed by atoms with Crippen LogP contribution >= 0.6 is 0 Å². The number of nitrogens with zero attached hydrogens (tertiary/aromatic N) is 4. The number of hydrogen-bond acceptors (Lipinski definition) is 5. The number of aromatic nitrogens is 3. The number of halogens is 1. The van der Waals surface area contributed by atoms with E-state index in [2.05, 4.69) is 26.8 Å². The van der Waals surface area contributed by atoms with Gasteiger partial charge in [-0.05, 0) is 49.2 Å². The van der Waals surface area contributed by atoms with Gasteiger partial charge in [0.05, 0.1) is 12.0 Å². The van der Waals surface area contributed by atoms with Crippen LogP contribution in [0.3, 0.4) is 0 Å². The molecule has 1 aromatic carbocycles. The first-order valence-corrected chi connectivity index (χ1v) is 10.3. The average Bonchev–Trinajstić information content (AvgIpc) is 3.18. The molecule has 0 unspecified atom stereocenters. The van der Waals surface area contributed by atoms with Crippen molar-refractivity contribution in [3.8, 4) is 11.3 Å². The van der Waals surface area contributed by atoms with Crippen molar-refractivity contribution in [3.05, 3.63) is 42.5 Å². The lowest BCUT2D eigenvalue weighted by atomic mass is 10.1. The van der Waals surface area contributed by atoms with Gasteiger partial charge in [-0.25, -0.2) is 19.2 Å². The van der Waals surface area contributed by atoms with Crippen LogP contribution in [-0.4, -0.2) is 58.2 Å². The molecule has 3 heterocycles. The Hall–Kier alpha value is -3.16. The number of anilines is 1. The van der Waals surface area contributed by atoms with Crippen LogP contribution in [0.2, 0.25) is 0 Å². The minimum Gasteiger partial charge on any atom is -0.449 e. The maximum atomic E-state index is 13.2. The Morgan fingerprint density at radius 3 is 2.80 bits per heavy atom. The van der Waals surface area contributed by atoms with E-state index in [9.17, 15) is 9.18 Å². The van der Waals surface area contributed by atoms with Crippen LogP contribution < -0.4 is 4.90 Å². The molecule has 1 fully saturated rings. The zero-order valence-corrected chi connectivity index (χ0v) is 17.3. The molecule has 0 spiro atoms. The lowest BCUT2D eigenvalue weighted by Gasteiger charge is -2.39. The molecule has 30 heavy (non-hydrogen) atoms. The highest BCUT2D eigenvalue weighted by Crippen LogP contribution is 2.30. The molecule has 8 heteroatoms. The monoisotopic (exact) mass is 411 g/mol. The third-order valence-corrected chi connectivity index (χ3v) is 5.44. The number of benzene rings is 1. The summed E-state index contributed by atoms with van der Waals surface area (Å²) in [6, 6.07) is 8.35. The fourth-order valence-corrected chi connectivity index (χ4v) is 3.77. The minimum absolute atomic E-state index is 0.00778. The topological polar surface area (TPSA) is 74.3 Å². The van der Waals surface area contributed by atoms with Crippen LogP contribution in [0.5, 0.6) is 0 Å². The minimum atomic E-state index is -0.268. The van der Waals surface area contributed by atoms with E-state index in [1.165, 1.54) is 12.1 Å². The van der Waals surface area contributed by atoms with Crippen LogP contribution in [0.4, 0.5) is 15.0 Å². The van der Waals surface area contributed by atoms with Crippen molar-refractivity contribution in [1.82, 2.24) is 19.9 Å². The van der Waals surface area contributed by atoms with Gasteiger partial charge in [-0.1, -0.05) is 13.3 Å². The molecule has 1 N–H and O–H groups in total. The Kier molecular flexibility index (Phi) is 5.83. The van der Waals surface area contributed by atoms with Crippen molar-refractivity contribution in [1.29, 1.82) is 0 Å². The van der Waals surface area contributed by atoms with Gasteiger partial charge in [0.1, 0.15) is 23.6 Å². The first-order valence-electron chi connectivity index (χ1n) is 10.3. The van der Waals surface area contributed by atoms with Gasteiger partial charge in [0, 0.05) is 31.4 Å². The Morgan fingerprint density at radius 1 is 1.27 bits per heavy atom. The summed E-state index contributed by atoms with van der Waals surface area (Å²) in [5, 5.41) is 0.906. The molecule has 1 aliphatic heterocycles. The molecule has 158 valence electrons. The van der Waals surface area contributed by atoms with Crippen LogP contribution in [0.1, 0.15) is 26.7 Å². The number of amides is 1. The molecule has 3 aromatic rings. The molecule has 1 saturated heterocycles. The number of fused-ring (bicyclic) bond motifs is 1. The van der Waals surface area contributed by atoms with Crippen molar-refractivity contribution < 1.29 is 13.9 Å². The summed E-state index contributed by atoms with van der Waals surface area (Å²) in [7, 11) is 0. The summed E-state index contributed by atoms with van der Waals surface area (Å²) in [5.74, 6) is 0.561. The number of hydrogen-bond donors (Lipinski definition) is 1. The van der Waals surface area contributed by atoms with E-state index >= 15 is 0 Å². The second kappa shape index (κ2) is 8.69. The number of nitrogens with one attached hydrogen (secondary N) is 1. The highest BCUT2D eigenvalue weighted by atomic mass is 19.1. The third kappa shape index (κ3) is 4.08. The normalized spacial score (nSPS) is 16.8. The molecule has 0 radical (unpaired) electrons. The summed E-state index contributed by atoms with van der Waals surface area (Å²) < 4.78 is 18.6. The molecule has 1 aliphatic rings. The molecule has 1 amide bonds. The maximum Gasteiger partial charge on any atom is 0.410 e. The number of carbonyl (C=O) groups excluding carboxylic acids is 1. The second-order valence-corrected chi connectivity index (χ2v) is 7.61.